The molecule has 1 saturated heterocycles. The van der Waals surface area contributed by atoms with Crippen LogP contribution in [0.4, 0.5) is 17.1 Å². The predicted octanol–water partition coefficient (Wildman–Crippen LogP) is 3.97. The van der Waals surface area contributed by atoms with Crippen LogP contribution in [-0.2, 0) is 14.6 Å². The molecule has 0 unspecified atom stereocenters. The molecule has 2 aliphatic heterocycles. The zero-order valence-corrected chi connectivity index (χ0v) is 18.9. The minimum Gasteiger partial charge on any atom is -0.368 e. The average molecular weight is 468 g/mol. The van der Waals surface area contributed by atoms with Crippen molar-refractivity contribution in [2.45, 2.75) is 9.79 Å². The molecule has 5 rings (SSSR count). The maximum atomic E-state index is 13.2. The number of carbonyl (C=O) groups excluding carboxylic acids is 1. The molecule has 0 aromatic heterocycles. The number of benzene rings is 3. The lowest BCUT2D eigenvalue weighted by Crippen LogP contribution is -2.51. The molecule has 2 aliphatic rings. The van der Waals surface area contributed by atoms with Gasteiger partial charge in [-0.1, -0.05) is 41.9 Å². The molecule has 0 saturated carbocycles. The fourth-order valence-electron chi connectivity index (χ4n) is 4.36. The molecule has 8 heteroatoms. The number of para-hydroxylation sites is 2. The van der Waals surface area contributed by atoms with Gasteiger partial charge in [0.1, 0.15) is 6.54 Å². The molecular weight excluding hydrogens is 446 g/mol. The molecule has 0 spiro atoms. The fourth-order valence-corrected chi connectivity index (χ4v) is 6.20. The first-order valence-electron chi connectivity index (χ1n) is 10.4. The van der Waals surface area contributed by atoms with Gasteiger partial charge in [0.2, 0.25) is 15.7 Å². The standard InChI is InChI=1S/C24H22ClN3O3S/c25-18-6-5-7-19(16-18)26-12-14-27(15-13-26)24(29)17-28-20-8-1-3-10-22(20)32(30,31)23-11-4-2-9-21(23)28/h1-11,16H,12-15,17H2. The van der Waals surface area contributed by atoms with Crippen LogP contribution in [0.15, 0.2) is 82.6 Å². The third-order valence-electron chi connectivity index (χ3n) is 5.99. The summed E-state index contributed by atoms with van der Waals surface area (Å²) in [6.45, 7) is 2.71. The Morgan fingerprint density at radius 2 is 1.41 bits per heavy atom. The topological polar surface area (TPSA) is 60.9 Å². The molecule has 3 aromatic carbocycles. The van der Waals surface area contributed by atoms with E-state index in [1.165, 1.54) is 0 Å². The molecule has 0 radical (unpaired) electrons. The number of nitrogens with zero attached hydrogens (tertiary/aromatic N) is 3. The summed E-state index contributed by atoms with van der Waals surface area (Å²) in [6, 6.07) is 21.4. The molecular formula is C24H22ClN3O3S. The number of hydrogen-bond donors (Lipinski definition) is 0. The Morgan fingerprint density at radius 1 is 0.812 bits per heavy atom. The number of fused-ring (bicyclic) bond motifs is 2. The lowest BCUT2D eigenvalue weighted by atomic mass is 10.2. The summed E-state index contributed by atoms with van der Waals surface area (Å²) >= 11 is 6.11. The van der Waals surface area contributed by atoms with Crippen molar-refractivity contribution in [2.75, 3.05) is 42.5 Å². The minimum atomic E-state index is -3.62. The van der Waals surface area contributed by atoms with Gasteiger partial charge in [0.15, 0.2) is 0 Å². The van der Waals surface area contributed by atoms with E-state index in [2.05, 4.69) is 4.90 Å². The summed E-state index contributed by atoms with van der Waals surface area (Å²) < 4.78 is 26.2. The summed E-state index contributed by atoms with van der Waals surface area (Å²) in [4.78, 5) is 19.6. The largest absolute Gasteiger partial charge is 0.368 e. The highest BCUT2D eigenvalue weighted by atomic mass is 35.5. The van der Waals surface area contributed by atoms with Crippen molar-refractivity contribution in [2.24, 2.45) is 0 Å². The molecule has 164 valence electrons. The highest BCUT2D eigenvalue weighted by Crippen LogP contribution is 2.43. The number of rotatable bonds is 3. The van der Waals surface area contributed by atoms with Crippen molar-refractivity contribution in [1.82, 2.24) is 4.90 Å². The lowest BCUT2D eigenvalue weighted by Gasteiger charge is -2.38. The molecule has 32 heavy (non-hydrogen) atoms. The van der Waals surface area contributed by atoms with Gasteiger partial charge in [-0.05, 0) is 42.5 Å². The summed E-state index contributed by atoms with van der Waals surface area (Å²) in [5.74, 6) is -0.0281. The Labute approximate surface area is 192 Å². The second-order valence-corrected chi connectivity index (χ2v) is 10.2. The van der Waals surface area contributed by atoms with Gasteiger partial charge in [-0.25, -0.2) is 8.42 Å². The van der Waals surface area contributed by atoms with Crippen LogP contribution < -0.4 is 9.80 Å². The zero-order chi connectivity index (χ0) is 22.3. The quantitative estimate of drug-likeness (QED) is 0.583. The molecule has 1 amide bonds. The van der Waals surface area contributed by atoms with E-state index >= 15 is 0 Å². The first-order chi connectivity index (χ1) is 15.4. The second kappa shape index (κ2) is 8.15. The molecule has 0 atom stereocenters. The van der Waals surface area contributed by atoms with Crippen LogP contribution in [0.25, 0.3) is 0 Å². The Morgan fingerprint density at radius 3 is 2.00 bits per heavy atom. The smallest absolute Gasteiger partial charge is 0.242 e. The third-order valence-corrected chi connectivity index (χ3v) is 8.07. The maximum absolute atomic E-state index is 13.2. The lowest BCUT2D eigenvalue weighted by molar-refractivity contribution is -0.129. The first-order valence-corrected chi connectivity index (χ1v) is 12.3. The number of amides is 1. The molecule has 0 bridgehead atoms. The summed E-state index contributed by atoms with van der Waals surface area (Å²) in [6.07, 6.45) is 0. The van der Waals surface area contributed by atoms with Crippen LogP contribution in [0.5, 0.6) is 0 Å². The monoisotopic (exact) mass is 467 g/mol. The number of carbonyl (C=O) groups is 1. The van der Waals surface area contributed by atoms with Crippen molar-refractivity contribution < 1.29 is 13.2 Å². The number of hydrogen-bond acceptors (Lipinski definition) is 5. The number of sulfone groups is 1. The normalized spacial score (nSPS) is 17.0. The van der Waals surface area contributed by atoms with Gasteiger partial charge >= 0.3 is 0 Å². The van der Waals surface area contributed by atoms with Crippen LogP contribution in [0, 0.1) is 0 Å². The van der Waals surface area contributed by atoms with Crippen LogP contribution in [0.3, 0.4) is 0 Å². The van der Waals surface area contributed by atoms with Gasteiger partial charge in [-0.3, -0.25) is 4.79 Å². The van der Waals surface area contributed by atoms with Crippen molar-refractivity contribution in [1.29, 1.82) is 0 Å². The zero-order valence-electron chi connectivity index (χ0n) is 17.3. The van der Waals surface area contributed by atoms with E-state index in [0.717, 1.165) is 5.69 Å². The van der Waals surface area contributed by atoms with Crippen LogP contribution in [0.2, 0.25) is 5.02 Å². The van der Waals surface area contributed by atoms with E-state index in [1.54, 1.807) is 48.5 Å². The molecule has 6 nitrogen and oxygen atoms in total. The molecule has 1 fully saturated rings. The summed E-state index contributed by atoms with van der Waals surface area (Å²) in [5, 5.41) is 0.693. The van der Waals surface area contributed by atoms with Gasteiger partial charge in [0.05, 0.1) is 21.2 Å². The molecule has 2 heterocycles. The second-order valence-electron chi connectivity index (χ2n) is 7.87. The molecule has 0 aliphatic carbocycles. The van der Waals surface area contributed by atoms with Crippen LogP contribution in [0.1, 0.15) is 0 Å². The SMILES string of the molecule is O=C(CN1c2ccccc2S(=O)(=O)c2ccccc21)N1CCN(c2cccc(Cl)c2)CC1. The van der Waals surface area contributed by atoms with Crippen molar-refractivity contribution in [3.63, 3.8) is 0 Å². The number of halogens is 1. The maximum Gasteiger partial charge on any atom is 0.242 e. The Kier molecular flexibility index (Phi) is 5.31. The summed E-state index contributed by atoms with van der Waals surface area (Å²) in [7, 11) is -3.62. The van der Waals surface area contributed by atoms with E-state index in [0.29, 0.717) is 42.6 Å². The van der Waals surface area contributed by atoms with Gasteiger partial charge in [0.25, 0.3) is 0 Å². The molecule has 0 N–H and O–H groups in total. The van der Waals surface area contributed by atoms with E-state index in [4.69, 9.17) is 11.6 Å². The average Bonchev–Trinajstić information content (AvgIpc) is 2.82. The first kappa shape index (κ1) is 20.8. The Bertz CT molecular complexity index is 1230. The fraction of sp³-hybridized carbons (Fsp3) is 0.208. The predicted molar refractivity (Wildman–Crippen MR) is 126 cm³/mol. The Hall–Kier alpha value is -3.03. The van der Waals surface area contributed by atoms with Crippen molar-refractivity contribution in [3.8, 4) is 0 Å². The highest BCUT2D eigenvalue weighted by Gasteiger charge is 2.35. The minimum absolute atomic E-state index is 0.0281. The van der Waals surface area contributed by atoms with Crippen molar-refractivity contribution >= 4 is 44.4 Å². The van der Waals surface area contributed by atoms with E-state index in [-0.39, 0.29) is 22.2 Å². The summed E-state index contributed by atoms with van der Waals surface area (Å²) in [5.41, 5.74) is 2.13. The van der Waals surface area contributed by atoms with Crippen molar-refractivity contribution in [3.05, 3.63) is 77.8 Å². The number of piperazine rings is 1. The van der Waals surface area contributed by atoms with E-state index in [1.807, 2.05) is 34.1 Å². The third kappa shape index (κ3) is 3.61. The molecule has 3 aromatic rings. The van der Waals surface area contributed by atoms with E-state index in [9.17, 15) is 13.2 Å². The highest BCUT2D eigenvalue weighted by molar-refractivity contribution is 7.92. The van der Waals surface area contributed by atoms with Gasteiger partial charge < -0.3 is 14.7 Å². The van der Waals surface area contributed by atoms with E-state index < -0.39 is 9.84 Å². The van der Waals surface area contributed by atoms with Gasteiger partial charge in [0, 0.05) is 36.9 Å². The van der Waals surface area contributed by atoms with Gasteiger partial charge in [-0.2, -0.15) is 0 Å². The van der Waals surface area contributed by atoms with Crippen LogP contribution >= 0.6 is 11.6 Å². The van der Waals surface area contributed by atoms with Gasteiger partial charge in [-0.15, -0.1) is 0 Å². The van der Waals surface area contributed by atoms with Crippen LogP contribution in [-0.4, -0.2) is 51.9 Å². The Balaban J connectivity index is 1.37. The number of anilines is 3.